The maximum Gasteiger partial charge on any atom is 0.164 e. The van der Waals surface area contributed by atoms with Crippen LogP contribution in [-0.4, -0.2) is 10.4 Å². The first-order valence-corrected chi connectivity index (χ1v) is 6.48. The highest BCUT2D eigenvalue weighted by molar-refractivity contribution is 5.98. The number of Topliss-reactive ketones (excluding diaryl/α,β-unsaturated/α-hetero) is 1. The van der Waals surface area contributed by atoms with Gasteiger partial charge in [0, 0.05) is 29.9 Å². The molecule has 2 heteroatoms. The van der Waals surface area contributed by atoms with Crippen LogP contribution in [0.3, 0.4) is 0 Å². The Morgan fingerprint density at radius 3 is 2.81 bits per heavy atom. The second kappa shape index (κ2) is 3.76. The summed E-state index contributed by atoms with van der Waals surface area (Å²) < 4.78 is 2.41. The Balaban J connectivity index is 1.93. The summed E-state index contributed by atoms with van der Waals surface area (Å²) in [6, 6.07) is 2.11. The fourth-order valence-corrected chi connectivity index (χ4v) is 2.98. The van der Waals surface area contributed by atoms with Gasteiger partial charge in [0.1, 0.15) is 0 Å². The standard InChI is InChI=1S/C14H19NO/c1-10-8-12-13(6-3-7-14(12)16)15(10)9-11-4-2-5-11/h8,11H,2-7,9H2,1H3. The molecule has 16 heavy (non-hydrogen) atoms. The molecule has 0 aliphatic heterocycles. The van der Waals surface area contributed by atoms with Crippen LogP contribution in [0.15, 0.2) is 6.07 Å². The van der Waals surface area contributed by atoms with E-state index in [0.717, 1.165) is 37.3 Å². The Labute approximate surface area is 96.6 Å². The highest BCUT2D eigenvalue weighted by atomic mass is 16.1. The molecule has 1 saturated carbocycles. The maximum atomic E-state index is 11.8. The van der Waals surface area contributed by atoms with E-state index in [-0.39, 0.29) is 0 Å². The summed E-state index contributed by atoms with van der Waals surface area (Å²) in [7, 11) is 0. The van der Waals surface area contributed by atoms with Crippen molar-refractivity contribution in [2.45, 2.75) is 52.0 Å². The Bertz CT molecular complexity index is 426. The minimum Gasteiger partial charge on any atom is -0.348 e. The fraction of sp³-hybridized carbons (Fsp3) is 0.643. The summed E-state index contributed by atoms with van der Waals surface area (Å²) in [5, 5.41) is 0. The average Bonchev–Trinajstić information content (AvgIpc) is 2.51. The van der Waals surface area contributed by atoms with Gasteiger partial charge < -0.3 is 4.57 Å². The SMILES string of the molecule is Cc1cc2c(n1CC1CCC1)CCCC2=O. The zero-order chi connectivity index (χ0) is 11.1. The number of ketones is 1. The molecular weight excluding hydrogens is 198 g/mol. The lowest BCUT2D eigenvalue weighted by atomic mass is 9.85. The number of aromatic nitrogens is 1. The number of hydrogen-bond acceptors (Lipinski definition) is 1. The highest BCUT2D eigenvalue weighted by Gasteiger charge is 2.25. The molecule has 0 atom stereocenters. The second-order valence-corrected chi connectivity index (χ2v) is 5.33. The van der Waals surface area contributed by atoms with Gasteiger partial charge in [0.2, 0.25) is 0 Å². The second-order valence-electron chi connectivity index (χ2n) is 5.33. The van der Waals surface area contributed by atoms with Crippen LogP contribution >= 0.6 is 0 Å². The number of aryl methyl sites for hydroxylation is 1. The first kappa shape index (κ1) is 10.1. The van der Waals surface area contributed by atoms with Crippen molar-refractivity contribution in [1.82, 2.24) is 4.57 Å². The van der Waals surface area contributed by atoms with E-state index in [2.05, 4.69) is 17.6 Å². The molecule has 0 spiro atoms. The highest BCUT2D eigenvalue weighted by Crippen LogP contribution is 2.31. The van der Waals surface area contributed by atoms with E-state index >= 15 is 0 Å². The Morgan fingerprint density at radius 2 is 2.12 bits per heavy atom. The van der Waals surface area contributed by atoms with Crippen molar-refractivity contribution >= 4 is 5.78 Å². The molecule has 2 aliphatic carbocycles. The van der Waals surface area contributed by atoms with E-state index in [0.29, 0.717) is 5.78 Å². The lowest BCUT2D eigenvalue weighted by Crippen LogP contribution is -2.21. The molecule has 0 saturated heterocycles. The van der Waals surface area contributed by atoms with Gasteiger partial charge in [-0.2, -0.15) is 0 Å². The number of nitrogens with zero attached hydrogens (tertiary/aromatic N) is 1. The minimum atomic E-state index is 0.358. The van der Waals surface area contributed by atoms with Gasteiger partial charge in [-0.05, 0) is 44.6 Å². The molecule has 0 unspecified atom stereocenters. The van der Waals surface area contributed by atoms with Crippen LogP contribution in [0.2, 0.25) is 0 Å². The molecule has 0 radical (unpaired) electrons. The van der Waals surface area contributed by atoms with E-state index in [1.54, 1.807) is 0 Å². The van der Waals surface area contributed by atoms with Crippen LogP contribution in [0.4, 0.5) is 0 Å². The van der Waals surface area contributed by atoms with Gasteiger partial charge in [-0.3, -0.25) is 4.79 Å². The normalized spacial score (nSPS) is 20.7. The molecule has 2 nitrogen and oxygen atoms in total. The molecule has 86 valence electrons. The third-order valence-electron chi connectivity index (χ3n) is 4.20. The van der Waals surface area contributed by atoms with Crippen LogP contribution in [0.1, 0.15) is 53.8 Å². The quantitative estimate of drug-likeness (QED) is 0.746. The van der Waals surface area contributed by atoms with Crippen molar-refractivity contribution < 1.29 is 4.79 Å². The number of carbonyl (C=O) groups excluding carboxylic acids is 1. The monoisotopic (exact) mass is 217 g/mol. The van der Waals surface area contributed by atoms with Gasteiger partial charge in [0.15, 0.2) is 5.78 Å². The summed E-state index contributed by atoms with van der Waals surface area (Å²) in [6.45, 7) is 3.29. The number of carbonyl (C=O) groups is 1. The summed E-state index contributed by atoms with van der Waals surface area (Å²) >= 11 is 0. The minimum absolute atomic E-state index is 0.358. The molecule has 0 bridgehead atoms. The van der Waals surface area contributed by atoms with Crippen molar-refractivity contribution in [3.05, 3.63) is 23.0 Å². The van der Waals surface area contributed by atoms with E-state index in [1.807, 2.05) is 0 Å². The van der Waals surface area contributed by atoms with Crippen LogP contribution in [0.25, 0.3) is 0 Å². The Kier molecular flexibility index (Phi) is 2.38. The van der Waals surface area contributed by atoms with E-state index < -0.39 is 0 Å². The average molecular weight is 217 g/mol. The van der Waals surface area contributed by atoms with Crippen LogP contribution in [-0.2, 0) is 13.0 Å². The largest absolute Gasteiger partial charge is 0.348 e. The summed E-state index contributed by atoms with van der Waals surface area (Å²) in [5.74, 6) is 1.23. The van der Waals surface area contributed by atoms with Crippen molar-refractivity contribution in [3.8, 4) is 0 Å². The summed E-state index contributed by atoms with van der Waals surface area (Å²) in [6.07, 6.45) is 7.04. The van der Waals surface area contributed by atoms with E-state index in [1.165, 1.54) is 30.7 Å². The number of hydrogen-bond donors (Lipinski definition) is 0. The number of rotatable bonds is 2. The number of fused-ring (bicyclic) bond motifs is 1. The molecule has 2 aliphatic rings. The van der Waals surface area contributed by atoms with Crippen molar-refractivity contribution in [1.29, 1.82) is 0 Å². The van der Waals surface area contributed by atoms with Crippen LogP contribution in [0.5, 0.6) is 0 Å². The van der Waals surface area contributed by atoms with Crippen molar-refractivity contribution in [2.24, 2.45) is 5.92 Å². The predicted octanol–water partition coefficient (Wildman–Crippen LogP) is 3.12. The van der Waals surface area contributed by atoms with Crippen molar-refractivity contribution in [2.75, 3.05) is 0 Å². The van der Waals surface area contributed by atoms with Gasteiger partial charge in [0.05, 0.1) is 0 Å². The molecule has 0 N–H and O–H groups in total. The molecule has 0 amide bonds. The lowest BCUT2D eigenvalue weighted by molar-refractivity contribution is 0.0971. The van der Waals surface area contributed by atoms with Gasteiger partial charge in [-0.25, -0.2) is 0 Å². The van der Waals surface area contributed by atoms with E-state index in [4.69, 9.17) is 0 Å². The molecule has 1 aromatic heterocycles. The molecule has 0 aromatic carbocycles. The lowest BCUT2D eigenvalue weighted by Gasteiger charge is -2.28. The first-order valence-electron chi connectivity index (χ1n) is 6.48. The van der Waals surface area contributed by atoms with Crippen molar-refractivity contribution in [3.63, 3.8) is 0 Å². The topological polar surface area (TPSA) is 22.0 Å². The van der Waals surface area contributed by atoms with Gasteiger partial charge in [0.25, 0.3) is 0 Å². The van der Waals surface area contributed by atoms with Gasteiger partial charge >= 0.3 is 0 Å². The molecule has 1 aromatic rings. The first-order chi connectivity index (χ1) is 7.75. The third kappa shape index (κ3) is 1.51. The maximum absolute atomic E-state index is 11.8. The summed E-state index contributed by atoms with van der Waals surface area (Å²) in [4.78, 5) is 11.8. The summed E-state index contributed by atoms with van der Waals surface area (Å²) in [5.41, 5.74) is 3.62. The molecule has 3 rings (SSSR count). The Hall–Kier alpha value is -1.05. The molecular formula is C14H19NO. The smallest absolute Gasteiger partial charge is 0.164 e. The van der Waals surface area contributed by atoms with Crippen LogP contribution in [0, 0.1) is 12.8 Å². The zero-order valence-electron chi connectivity index (χ0n) is 9.96. The Morgan fingerprint density at radius 1 is 1.31 bits per heavy atom. The molecule has 1 heterocycles. The van der Waals surface area contributed by atoms with Gasteiger partial charge in [-0.1, -0.05) is 6.42 Å². The zero-order valence-corrected chi connectivity index (χ0v) is 9.96. The van der Waals surface area contributed by atoms with Gasteiger partial charge in [-0.15, -0.1) is 0 Å². The molecule has 1 fully saturated rings. The predicted molar refractivity (Wildman–Crippen MR) is 63.8 cm³/mol. The van der Waals surface area contributed by atoms with Crippen LogP contribution < -0.4 is 0 Å². The third-order valence-corrected chi connectivity index (χ3v) is 4.20. The fourth-order valence-electron chi connectivity index (χ4n) is 2.98. The van der Waals surface area contributed by atoms with E-state index in [9.17, 15) is 4.79 Å².